The number of epoxide rings is 1. The minimum atomic E-state index is -2.33. The van der Waals surface area contributed by atoms with Crippen molar-refractivity contribution in [2.75, 3.05) is 21.3 Å². The van der Waals surface area contributed by atoms with Gasteiger partial charge in [-0.3, -0.25) is 0 Å². The van der Waals surface area contributed by atoms with Crippen LogP contribution in [-0.2, 0) is 18.0 Å². The fourth-order valence-corrected chi connectivity index (χ4v) is 5.05. The van der Waals surface area contributed by atoms with E-state index in [0.717, 1.165) is 18.4 Å². The van der Waals surface area contributed by atoms with Crippen LogP contribution in [0.1, 0.15) is 44.9 Å². The Kier molecular flexibility index (Phi) is 5.83. The summed E-state index contributed by atoms with van der Waals surface area (Å²) in [6.45, 7) is 0. The van der Waals surface area contributed by atoms with Crippen LogP contribution in [0, 0.1) is 5.92 Å². The normalized spacial score (nSPS) is 30.2. The van der Waals surface area contributed by atoms with Crippen molar-refractivity contribution in [3.63, 3.8) is 0 Å². The second kappa shape index (κ2) is 7.18. The Morgan fingerprint density at radius 1 is 0.947 bits per heavy atom. The molecule has 0 aromatic carbocycles. The first-order chi connectivity index (χ1) is 9.23. The summed E-state index contributed by atoms with van der Waals surface area (Å²) in [7, 11) is 2.73. The molecule has 0 spiro atoms. The summed E-state index contributed by atoms with van der Waals surface area (Å²) in [5.41, 5.74) is 0. The monoisotopic (exact) mass is 288 g/mol. The van der Waals surface area contributed by atoms with Crippen LogP contribution in [0.2, 0.25) is 6.04 Å². The maximum Gasteiger partial charge on any atom is 0.500 e. The zero-order valence-corrected chi connectivity index (χ0v) is 13.5. The highest BCUT2D eigenvalue weighted by Gasteiger charge is 2.43. The van der Waals surface area contributed by atoms with E-state index in [4.69, 9.17) is 18.0 Å². The highest BCUT2D eigenvalue weighted by Crippen LogP contribution is 2.41. The van der Waals surface area contributed by atoms with E-state index in [1.807, 2.05) is 0 Å². The van der Waals surface area contributed by atoms with E-state index in [9.17, 15) is 0 Å². The van der Waals surface area contributed by atoms with Crippen LogP contribution in [0.15, 0.2) is 0 Å². The van der Waals surface area contributed by atoms with E-state index in [-0.39, 0.29) is 0 Å². The van der Waals surface area contributed by atoms with E-state index in [1.54, 1.807) is 21.3 Å². The highest BCUT2D eigenvalue weighted by molar-refractivity contribution is 6.60. The quantitative estimate of drug-likeness (QED) is 0.371. The molecule has 1 aliphatic carbocycles. The number of unbranched alkanes of at least 4 members (excludes halogenated alkanes) is 2. The van der Waals surface area contributed by atoms with Gasteiger partial charge in [0.05, 0.1) is 12.2 Å². The van der Waals surface area contributed by atoms with Gasteiger partial charge in [-0.25, -0.2) is 0 Å². The predicted octanol–water partition coefficient (Wildman–Crippen LogP) is 2.99. The molecule has 2 rings (SSSR count). The maximum atomic E-state index is 5.58. The number of hydrogen-bond acceptors (Lipinski definition) is 4. The lowest BCUT2D eigenvalue weighted by Gasteiger charge is -2.24. The molecule has 0 radical (unpaired) electrons. The first kappa shape index (κ1) is 15.4. The zero-order valence-electron chi connectivity index (χ0n) is 12.5. The molecular formula is C14H28O4Si. The van der Waals surface area contributed by atoms with Crippen molar-refractivity contribution in [3.8, 4) is 0 Å². The summed E-state index contributed by atoms with van der Waals surface area (Å²) in [4.78, 5) is 0. The minimum absolute atomic E-state index is 0.620. The first-order valence-corrected chi connectivity index (χ1v) is 9.47. The Morgan fingerprint density at radius 3 is 2.32 bits per heavy atom. The second-order valence-corrected chi connectivity index (χ2v) is 8.88. The fraction of sp³-hybridized carbons (Fsp3) is 1.00. The lowest BCUT2D eigenvalue weighted by molar-refractivity contribution is 0.122. The van der Waals surface area contributed by atoms with Crippen molar-refractivity contribution in [1.29, 1.82) is 0 Å². The molecule has 0 N–H and O–H groups in total. The first-order valence-electron chi connectivity index (χ1n) is 7.54. The maximum absolute atomic E-state index is 5.58. The molecule has 0 aromatic rings. The fourth-order valence-electron chi connectivity index (χ4n) is 3.26. The lowest BCUT2D eigenvalue weighted by Crippen LogP contribution is -2.42. The number of fused-ring (bicyclic) bond motifs is 1. The molecule has 1 aliphatic heterocycles. The van der Waals surface area contributed by atoms with Crippen LogP contribution in [0.4, 0.5) is 0 Å². The van der Waals surface area contributed by atoms with Gasteiger partial charge >= 0.3 is 8.80 Å². The van der Waals surface area contributed by atoms with Gasteiger partial charge in [0.25, 0.3) is 0 Å². The lowest BCUT2D eigenvalue weighted by atomic mass is 9.86. The van der Waals surface area contributed by atoms with Crippen LogP contribution >= 0.6 is 0 Å². The molecule has 19 heavy (non-hydrogen) atoms. The average molecular weight is 288 g/mol. The summed E-state index contributed by atoms with van der Waals surface area (Å²) < 4.78 is 21.9. The number of hydrogen-bond donors (Lipinski definition) is 0. The van der Waals surface area contributed by atoms with Gasteiger partial charge in [-0.1, -0.05) is 19.3 Å². The molecule has 3 unspecified atom stereocenters. The molecule has 2 fully saturated rings. The molecule has 112 valence electrons. The van der Waals surface area contributed by atoms with E-state index >= 15 is 0 Å². The highest BCUT2D eigenvalue weighted by atomic mass is 28.4. The third kappa shape index (κ3) is 4.26. The predicted molar refractivity (Wildman–Crippen MR) is 76.1 cm³/mol. The summed E-state index contributed by atoms with van der Waals surface area (Å²) in [5.74, 6) is 0.901. The van der Waals surface area contributed by atoms with Crippen molar-refractivity contribution < 1.29 is 18.0 Å². The van der Waals surface area contributed by atoms with Gasteiger partial charge in [-0.05, 0) is 31.6 Å². The van der Waals surface area contributed by atoms with Gasteiger partial charge in [0, 0.05) is 27.4 Å². The molecule has 3 atom stereocenters. The SMILES string of the molecule is CO[Si](CCCCCC1CCC2OC2C1)(OC)OC. The number of rotatable bonds is 9. The molecule has 0 amide bonds. The van der Waals surface area contributed by atoms with E-state index in [1.165, 1.54) is 38.5 Å². The van der Waals surface area contributed by atoms with Crippen LogP contribution < -0.4 is 0 Å². The summed E-state index contributed by atoms with van der Waals surface area (Å²) in [6.07, 6.45) is 10.3. The molecule has 4 nitrogen and oxygen atoms in total. The number of ether oxygens (including phenoxy) is 1. The molecule has 0 bridgehead atoms. The molecule has 1 saturated heterocycles. The molecule has 1 heterocycles. The van der Waals surface area contributed by atoms with E-state index < -0.39 is 8.80 Å². The van der Waals surface area contributed by atoms with Crippen molar-refractivity contribution in [1.82, 2.24) is 0 Å². The molecule has 1 saturated carbocycles. The second-order valence-electron chi connectivity index (χ2n) is 5.79. The Labute approximate surface area is 118 Å². The van der Waals surface area contributed by atoms with Crippen molar-refractivity contribution in [2.45, 2.75) is 63.2 Å². The largest absolute Gasteiger partial charge is 0.500 e. The molecule has 2 aliphatic rings. The van der Waals surface area contributed by atoms with Crippen LogP contribution in [0.25, 0.3) is 0 Å². The Morgan fingerprint density at radius 2 is 1.68 bits per heavy atom. The smallest absolute Gasteiger partial charge is 0.377 e. The minimum Gasteiger partial charge on any atom is -0.377 e. The molecule has 0 aromatic heterocycles. The third-order valence-corrected chi connectivity index (χ3v) is 7.47. The zero-order chi connectivity index (χ0) is 13.7. The summed E-state index contributed by atoms with van der Waals surface area (Å²) in [6, 6.07) is 0.926. The summed E-state index contributed by atoms with van der Waals surface area (Å²) in [5, 5.41) is 0. The van der Waals surface area contributed by atoms with Crippen LogP contribution in [0.5, 0.6) is 0 Å². The van der Waals surface area contributed by atoms with Crippen molar-refractivity contribution in [2.24, 2.45) is 5.92 Å². The Hall–Kier alpha value is 0.0569. The summed E-state index contributed by atoms with van der Waals surface area (Å²) >= 11 is 0. The average Bonchev–Trinajstić information content (AvgIpc) is 3.22. The van der Waals surface area contributed by atoms with Crippen molar-refractivity contribution >= 4 is 8.80 Å². The van der Waals surface area contributed by atoms with Crippen LogP contribution in [0.3, 0.4) is 0 Å². The van der Waals surface area contributed by atoms with Gasteiger partial charge in [0.2, 0.25) is 0 Å². The van der Waals surface area contributed by atoms with Gasteiger partial charge in [0.1, 0.15) is 0 Å². The topological polar surface area (TPSA) is 40.2 Å². The van der Waals surface area contributed by atoms with Gasteiger partial charge in [-0.2, -0.15) is 0 Å². The third-order valence-electron chi connectivity index (χ3n) is 4.64. The van der Waals surface area contributed by atoms with Gasteiger partial charge in [-0.15, -0.1) is 0 Å². The van der Waals surface area contributed by atoms with Gasteiger partial charge < -0.3 is 18.0 Å². The van der Waals surface area contributed by atoms with Crippen molar-refractivity contribution in [3.05, 3.63) is 0 Å². The van der Waals surface area contributed by atoms with E-state index in [2.05, 4.69) is 0 Å². The van der Waals surface area contributed by atoms with Crippen LogP contribution in [-0.4, -0.2) is 42.3 Å². The molecular weight excluding hydrogens is 260 g/mol. The Balaban J connectivity index is 1.53. The molecule has 5 heteroatoms. The standard InChI is InChI=1S/C14H28O4Si/c1-15-19(16-2,17-3)10-6-4-5-7-12-8-9-13-14(11-12)18-13/h12-14H,4-11H2,1-3H3. The van der Waals surface area contributed by atoms with E-state index in [0.29, 0.717) is 12.2 Å². The Bertz CT molecular complexity index is 262. The van der Waals surface area contributed by atoms with Gasteiger partial charge in [0.15, 0.2) is 0 Å².